The van der Waals surface area contributed by atoms with Gasteiger partial charge >= 0.3 is 18.0 Å². The lowest BCUT2D eigenvalue weighted by Crippen LogP contribution is -2.38. The van der Waals surface area contributed by atoms with E-state index in [4.69, 9.17) is 26.6 Å². The predicted molar refractivity (Wildman–Crippen MR) is 131 cm³/mol. The molecule has 0 spiro atoms. The quantitative estimate of drug-likeness (QED) is 0.465. The van der Waals surface area contributed by atoms with Gasteiger partial charge in [-0.1, -0.05) is 29.8 Å². The van der Waals surface area contributed by atoms with Gasteiger partial charge in [-0.25, -0.2) is 13.2 Å². The van der Waals surface area contributed by atoms with Crippen LogP contribution in [0.5, 0.6) is 0 Å². The van der Waals surface area contributed by atoms with Crippen LogP contribution in [0, 0.1) is 0 Å². The average Bonchev–Trinajstić information content (AvgIpc) is 2.71. The van der Waals surface area contributed by atoms with Crippen LogP contribution in [0.4, 0.5) is 10.5 Å². The number of rotatable bonds is 8. The van der Waals surface area contributed by atoms with Crippen molar-refractivity contribution in [3.05, 3.63) is 59.6 Å². The third-order valence-electron chi connectivity index (χ3n) is 3.97. The Morgan fingerprint density at radius 3 is 2.00 bits per heavy atom. The maximum atomic E-state index is 12.6. The standard InChI is InChI=1S/C14H12ClNO4S.C9H17NO4/c15-11-6-8-12(9-7-11)16(10-14(17)18)21(19,20)13-4-2-1-3-5-13;1-6(5-7(11)12)10-8(13)14-9(2,3)4/h1-9H,10H2,(H,17,18);6H,5H2,1-4H3,(H,10,13)(H,11,12). The monoisotopic (exact) mass is 528 g/mol. The molecule has 1 amide bonds. The van der Waals surface area contributed by atoms with Crippen LogP contribution in [-0.4, -0.2) is 54.9 Å². The highest BCUT2D eigenvalue weighted by atomic mass is 35.5. The molecular formula is C23H29ClN2O8S. The number of anilines is 1. The molecule has 1 atom stereocenters. The molecule has 35 heavy (non-hydrogen) atoms. The second-order valence-corrected chi connectivity index (χ2v) is 10.6. The minimum atomic E-state index is -3.95. The van der Waals surface area contributed by atoms with Crippen molar-refractivity contribution >= 4 is 45.3 Å². The first-order valence-electron chi connectivity index (χ1n) is 10.4. The minimum absolute atomic E-state index is 0.0289. The van der Waals surface area contributed by atoms with Crippen LogP contribution >= 0.6 is 11.6 Å². The summed E-state index contributed by atoms with van der Waals surface area (Å²) in [6, 6.07) is 13.2. The number of nitrogens with one attached hydrogen (secondary N) is 1. The van der Waals surface area contributed by atoms with Crippen LogP contribution in [0.2, 0.25) is 5.02 Å². The summed E-state index contributed by atoms with van der Waals surface area (Å²) < 4.78 is 30.9. The van der Waals surface area contributed by atoms with E-state index in [0.29, 0.717) is 5.02 Å². The van der Waals surface area contributed by atoms with E-state index in [0.717, 1.165) is 4.31 Å². The molecule has 0 bridgehead atoms. The molecule has 2 aromatic carbocycles. The van der Waals surface area contributed by atoms with Gasteiger partial charge in [0.25, 0.3) is 10.0 Å². The maximum absolute atomic E-state index is 12.6. The molecule has 2 aromatic rings. The van der Waals surface area contributed by atoms with Gasteiger partial charge in [-0.05, 0) is 64.1 Å². The van der Waals surface area contributed by atoms with Crippen LogP contribution in [0.15, 0.2) is 59.5 Å². The number of sulfonamides is 1. The molecule has 12 heteroatoms. The molecule has 1 unspecified atom stereocenters. The van der Waals surface area contributed by atoms with Crippen molar-refractivity contribution in [2.75, 3.05) is 10.8 Å². The van der Waals surface area contributed by atoms with Gasteiger partial charge in [0.05, 0.1) is 17.0 Å². The Hall–Kier alpha value is -3.31. The molecule has 0 radical (unpaired) electrons. The van der Waals surface area contributed by atoms with Crippen LogP contribution in [0.25, 0.3) is 0 Å². The van der Waals surface area contributed by atoms with Crippen LogP contribution in [-0.2, 0) is 24.3 Å². The number of hydrogen-bond acceptors (Lipinski definition) is 6. The van der Waals surface area contributed by atoms with Gasteiger partial charge in [-0.2, -0.15) is 0 Å². The minimum Gasteiger partial charge on any atom is -0.481 e. The van der Waals surface area contributed by atoms with Crippen molar-refractivity contribution in [3.63, 3.8) is 0 Å². The Balaban J connectivity index is 0.000000383. The number of nitrogens with zero attached hydrogens (tertiary/aromatic N) is 1. The Labute approximate surface area is 209 Å². The Morgan fingerprint density at radius 2 is 1.54 bits per heavy atom. The zero-order chi connectivity index (χ0) is 26.8. The van der Waals surface area contributed by atoms with Crippen molar-refractivity contribution < 1.29 is 37.8 Å². The number of alkyl carbamates (subject to hydrolysis) is 1. The number of hydrogen-bond donors (Lipinski definition) is 3. The Morgan fingerprint density at radius 1 is 1.00 bits per heavy atom. The smallest absolute Gasteiger partial charge is 0.407 e. The van der Waals surface area contributed by atoms with Gasteiger partial charge in [-0.15, -0.1) is 0 Å². The fourth-order valence-corrected chi connectivity index (χ4v) is 4.15. The fourth-order valence-electron chi connectivity index (χ4n) is 2.59. The molecule has 3 N–H and O–H groups in total. The molecule has 0 aliphatic rings. The number of carbonyl (C=O) groups excluding carboxylic acids is 1. The molecular weight excluding hydrogens is 500 g/mol. The third kappa shape index (κ3) is 11.1. The molecule has 10 nitrogen and oxygen atoms in total. The van der Waals surface area contributed by atoms with Crippen LogP contribution in [0.1, 0.15) is 34.1 Å². The van der Waals surface area contributed by atoms with E-state index < -0.39 is 46.2 Å². The molecule has 192 valence electrons. The van der Waals surface area contributed by atoms with Gasteiger partial charge in [0, 0.05) is 11.1 Å². The first-order valence-corrected chi connectivity index (χ1v) is 12.2. The molecule has 0 fully saturated rings. The zero-order valence-corrected chi connectivity index (χ0v) is 21.3. The second kappa shape index (κ2) is 13.0. The van der Waals surface area contributed by atoms with Crippen LogP contribution in [0.3, 0.4) is 0 Å². The van der Waals surface area contributed by atoms with E-state index in [-0.39, 0.29) is 17.0 Å². The first-order chi connectivity index (χ1) is 16.1. The molecule has 0 saturated carbocycles. The molecule has 0 heterocycles. The Kier molecular flexibility index (Phi) is 11.0. The maximum Gasteiger partial charge on any atom is 0.407 e. The second-order valence-electron chi connectivity index (χ2n) is 8.34. The van der Waals surface area contributed by atoms with Gasteiger partial charge < -0.3 is 20.3 Å². The molecule has 0 aromatic heterocycles. The number of carboxylic acid groups (broad SMARTS) is 2. The van der Waals surface area contributed by atoms with Gasteiger partial charge in [-0.3, -0.25) is 13.9 Å². The normalized spacial score (nSPS) is 11.9. The summed E-state index contributed by atoms with van der Waals surface area (Å²) in [5.41, 5.74) is -0.321. The summed E-state index contributed by atoms with van der Waals surface area (Å²) in [5.74, 6) is -2.20. The summed E-state index contributed by atoms with van der Waals surface area (Å²) in [6.45, 7) is 6.17. The third-order valence-corrected chi connectivity index (χ3v) is 6.01. The van der Waals surface area contributed by atoms with Crippen molar-refractivity contribution in [1.29, 1.82) is 0 Å². The van der Waals surface area contributed by atoms with E-state index in [2.05, 4.69) is 5.32 Å². The predicted octanol–water partition coefficient (Wildman–Crippen LogP) is 3.99. The number of ether oxygens (including phenoxy) is 1. The Bertz CT molecular complexity index is 1100. The number of carboxylic acids is 2. The van der Waals surface area contributed by atoms with Gasteiger partial charge in [0.2, 0.25) is 0 Å². The number of carbonyl (C=O) groups is 3. The summed E-state index contributed by atoms with van der Waals surface area (Å²) in [5, 5.41) is 20.3. The van der Waals surface area contributed by atoms with Crippen molar-refractivity contribution in [2.45, 2.75) is 50.7 Å². The summed E-state index contributed by atoms with van der Waals surface area (Å²) in [4.78, 5) is 32.4. The largest absolute Gasteiger partial charge is 0.481 e. The lowest BCUT2D eigenvalue weighted by molar-refractivity contribution is -0.137. The zero-order valence-electron chi connectivity index (χ0n) is 19.8. The van der Waals surface area contributed by atoms with E-state index in [1.54, 1.807) is 45.9 Å². The molecule has 0 aliphatic carbocycles. The van der Waals surface area contributed by atoms with E-state index in [1.165, 1.54) is 36.4 Å². The highest BCUT2D eigenvalue weighted by molar-refractivity contribution is 7.92. The fraction of sp³-hybridized carbons (Fsp3) is 0.348. The number of benzene rings is 2. The number of halogens is 1. The van der Waals surface area contributed by atoms with E-state index >= 15 is 0 Å². The van der Waals surface area contributed by atoms with Crippen molar-refractivity contribution in [3.8, 4) is 0 Å². The number of aliphatic carboxylic acids is 2. The summed E-state index contributed by atoms with van der Waals surface area (Å²) in [6.07, 6.45) is -0.703. The van der Waals surface area contributed by atoms with Crippen molar-refractivity contribution in [2.24, 2.45) is 0 Å². The van der Waals surface area contributed by atoms with E-state index in [1.807, 2.05) is 0 Å². The van der Waals surface area contributed by atoms with Crippen LogP contribution < -0.4 is 9.62 Å². The van der Waals surface area contributed by atoms with Gasteiger partial charge in [0.1, 0.15) is 12.1 Å². The summed E-state index contributed by atoms with van der Waals surface area (Å²) >= 11 is 5.77. The summed E-state index contributed by atoms with van der Waals surface area (Å²) in [7, 11) is -3.95. The first kappa shape index (κ1) is 29.7. The highest BCUT2D eigenvalue weighted by Gasteiger charge is 2.26. The van der Waals surface area contributed by atoms with E-state index in [9.17, 15) is 22.8 Å². The lowest BCUT2D eigenvalue weighted by atomic mass is 10.2. The average molecular weight is 529 g/mol. The SMILES string of the molecule is CC(CC(=O)O)NC(=O)OC(C)(C)C.O=C(O)CN(c1ccc(Cl)cc1)S(=O)(=O)c1ccccc1. The molecule has 0 aliphatic heterocycles. The highest BCUT2D eigenvalue weighted by Crippen LogP contribution is 2.24. The van der Waals surface area contributed by atoms with Gasteiger partial charge in [0.15, 0.2) is 0 Å². The number of amides is 1. The lowest BCUT2D eigenvalue weighted by Gasteiger charge is -2.22. The molecule has 2 rings (SSSR count). The van der Waals surface area contributed by atoms with Crippen molar-refractivity contribution in [1.82, 2.24) is 5.32 Å². The topological polar surface area (TPSA) is 150 Å². The molecule has 0 saturated heterocycles.